The van der Waals surface area contributed by atoms with Crippen LogP contribution in [-0.4, -0.2) is 38.7 Å². The number of benzene rings is 1. The summed E-state index contributed by atoms with van der Waals surface area (Å²) < 4.78 is 7.30. The summed E-state index contributed by atoms with van der Waals surface area (Å²) in [5, 5.41) is 4.31. The largest absolute Gasteiger partial charge is 0.445 e. The third-order valence-corrected chi connectivity index (χ3v) is 4.81. The predicted octanol–water partition coefficient (Wildman–Crippen LogP) is 2.83. The zero-order chi connectivity index (χ0) is 17.9. The van der Waals surface area contributed by atoms with Crippen LogP contribution in [0, 0.1) is 0 Å². The summed E-state index contributed by atoms with van der Waals surface area (Å²) >= 11 is 0. The fourth-order valence-corrected chi connectivity index (χ4v) is 3.48. The molecule has 4 rings (SSSR count). The Kier molecular flexibility index (Phi) is 4.43. The van der Waals surface area contributed by atoms with E-state index in [1.165, 1.54) is 6.33 Å². The van der Waals surface area contributed by atoms with Gasteiger partial charge in [0.2, 0.25) is 0 Å². The minimum absolute atomic E-state index is 0.199. The van der Waals surface area contributed by atoms with Gasteiger partial charge in [0.1, 0.15) is 18.5 Å². The van der Waals surface area contributed by atoms with Crippen molar-refractivity contribution in [3.63, 3.8) is 0 Å². The molecule has 1 aromatic carbocycles. The van der Waals surface area contributed by atoms with Crippen LogP contribution in [0.2, 0.25) is 0 Å². The smallest absolute Gasteiger partial charge is 0.410 e. The molecule has 0 radical (unpaired) electrons. The average Bonchev–Trinajstić information content (AvgIpc) is 3.12. The van der Waals surface area contributed by atoms with E-state index in [1.54, 1.807) is 4.90 Å². The lowest BCUT2D eigenvalue weighted by Gasteiger charge is -2.31. The number of carbonyl (C=O) groups excluding carboxylic acids is 1. The van der Waals surface area contributed by atoms with Crippen molar-refractivity contribution in [1.29, 1.82) is 0 Å². The summed E-state index contributed by atoms with van der Waals surface area (Å²) in [4.78, 5) is 18.3. The number of piperidine rings is 1. The van der Waals surface area contributed by atoms with Crippen LogP contribution in [0.25, 0.3) is 5.52 Å². The molecular weight excluding hydrogens is 330 g/mol. The molecule has 0 unspecified atom stereocenters. The van der Waals surface area contributed by atoms with E-state index in [9.17, 15) is 4.79 Å². The maximum Gasteiger partial charge on any atom is 0.410 e. The number of nitrogens with two attached hydrogens (primary N) is 1. The number of hydrogen-bond donors (Lipinski definition) is 1. The van der Waals surface area contributed by atoms with E-state index in [-0.39, 0.29) is 12.0 Å². The van der Waals surface area contributed by atoms with Crippen LogP contribution < -0.4 is 5.73 Å². The molecule has 0 aliphatic carbocycles. The first-order valence-corrected chi connectivity index (χ1v) is 8.76. The van der Waals surface area contributed by atoms with E-state index in [2.05, 4.69) is 10.1 Å². The molecule has 1 saturated heterocycles. The lowest BCUT2D eigenvalue weighted by Crippen LogP contribution is -2.39. The first kappa shape index (κ1) is 16.4. The Hall–Kier alpha value is -3.09. The Balaban J connectivity index is 1.45. The Morgan fingerprint density at radius 1 is 1.23 bits per heavy atom. The summed E-state index contributed by atoms with van der Waals surface area (Å²) in [6, 6.07) is 13.7. The highest BCUT2D eigenvalue weighted by Crippen LogP contribution is 2.29. The molecule has 1 aliphatic heterocycles. The highest BCUT2D eigenvalue weighted by molar-refractivity contribution is 5.68. The molecule has 1 amide bonds. The van der Waals surface area contributed by atoms with E-state index < -0.39 is 0 Å². The van der Waals surface area contributed by atoms with Crippen LogP contribution in [0.1, 0.15) is 30.0 Å². The van der Waals surface area contributed by atoms with Gasteiger partial charge in [0, 0.05) is 24.7 Å². The molecular formula is C19H21N5O2. The van der Waals surface area contributed by atoms with Crippen molar-refractivity contribution in [3.8, 4) is 0 Å². The van der Waals surface area contributed by atoms with Crippen LogP contribution in [-0.2, 0) is 11.3 Å². The number of anilines is 1. The predicted molar refractivity (Wildman–Crippen MR) is 97.6 cm³/mol. The number of fused-ring (bicyclic) bond motifs is 1. The Bertz CT molecular complexity index is 909. The third kappa shape index (κ3) is 3.20. The molecule has 3 aromatic rings. The van der Waals surface area contributed by atoms with Crippen LogP contribution in [0.5, 0.6) is 0 Å². The number of rotatable bonds is 3. The SMILES string of the molecule is Nc1ncnn2c([C@@H]3CCCN(C(=O)OCc4ccccc4)C3)ccc12. The molecule has 0 saturated carbocycles. The van der Waals surface area contributed by atoms with Crippen molar-refractivity contribution in [2.24, 2.45) is 0 Å². The lowest BCUT2D eigenvalue weighted by atomic mass is 9.95. The molecule has 3 heterocycles. The Morgan fingerprint density at radius 2 is 2.08 bits per heavy atom. The molecule has 1 fully saturated rings. The normalized spacial score (nSPS) is 17.4. The lowest BCUT2D eigenvalue weighted by molar-refractivity contribution is 0.0855. The molecule has 2 aromatic heterocycles. The summed E-state index contributed by atoms with van der Waals surface area (Å²) in [6.45, 7) is 1.62. The fraction of sp³-hybridized carbons (Fsp3) is 0.316. The Labute approximate surface area is 151 Å². The molecule has 7 nitrogen and oxygen atoms in total. The number of carbonyl (C=O) groups is 1. The van der Waals surface area contributed by atoms with Gasteiger partial charge in [-0.25, -0.2) is 14.3 Å². The topological polar surface area (TPSA) is 85.8 Å². The molecule has 26 heavy (non-hydrogen) atoms. The van der Waals surface area contributed by atoms with Gasteiger partial charge in [0.25, 0.3) is 0 Å². The fourth-order valence-electron chi connectivity index (χ4n) is 3.48. The number of amides is 1. The van der Waals surface area contributed by atoms with Gasteiger partial charge < -0.3 is 15.4 Å². The summed E-state index contributed by atoms with van der Waals surface area (Å²) in [7, 11) is 0. The quantitative estimate of drug-likeness (QED) is 0.784. The zero-order valence-electron chi connectivity index (χ0n) is 14.4. The van der Waals surface area contributed by atoms with Gasteiger partial charge in [-0.05, 0) is 30.5 Å². The number of hydrogen-bond acceptors (Lipinski definition) is 5. The van der Waals surface area contributed by atoms with Crippen LogP contribution in [0.15, 0.2) is 48.8 Å². The van der Waals surface area contributed by atoms with Gasteiger partial charge in [-0.1, -0.05) is 30.3 Å². The molecule has 0 bridgehead atoms. The number of aromatic nitrogens is 3. The van der Waals surface area contributed by atoms with E-state index in [0.29, 0.717) is 25.5 Å². The molecule has 0 spiro atoms. The van der Waals surface area contributed by atoms with Gasteiger partial charge in [-0.3, -0.25) is 0 Å². The van der Waals surface area contributed by atoms with Crippen molar-refractivity contribution in [2.45, 2.75) is 25.4 Å². The second kappa shape index (κ2) is 7.03. The first-order chi connectivity index (χ1) is 12.7. The molecule has 1 atom stereocenters. The van der Waals surface area contributed by atoms with E-state index in [0.717, 1.165) is 29.6 Å². The summed E-state index contributed by atoms with van der Waals surface area (Å²) in [5.74, 6) is 0.658. The van der Waals surface area contributed by atoms with Crippen molar-refractivity contribution in [2.75, 3.05) is 18.8 Å². The van der Waals surface area contributed by atoms with Crippen molar-refractivity contribution < 1.29 is 9.53 Å². The van der Waals surface area contributed by atoms with Gasteiger partial charge in [-0.15, -0.1) is 0 Å². The third-order valence-electron chi connectivity index (χ3n) is 4.81. The van der Waals surface area contributed by atoms with Crippen molar-refractivity contribution >= 4 is 17.4 Å². The highest BCUT2D eigenvalue weighted by atomic mass is 16.6. The summed E-state index contributed by atoms with van der Waals surface area (Å²) in [5.41, 5.74) is 8.75. The highest BCUT2D eigenvalue weighted by Gasteiger charge is 2.27. The number of ether oxygens (including phenoxy) is 1. The van der Waals surface area contributed by atoms with Crippen molar-refractivity contribution in [1.82, 2.24) is 19.5 Å². The second-order valence-corrected chi connectivity index (χ2v) is 6.53. The minimum atomic E-state index is -0.270. The number of nitrogen functional groups attached to an aromatic ring is 1. The second-order valence-electron chi connectivity index (χ2n) is 6.53. The van der Waals surface area contributed by atoms with Gasteiger partial charge in [0.05, 0.1) is 0 Å². The molecule has 2 N–H and O–H groups in total. The summed E-state index contributed by atoms with van der Waals surface area (Å²) in [6.07, 6.45) is 3.12. The monoisotopic (exact) mass is 351 g/mol. The van der Waals surface area contributed by atoms with Crippen molar-refractivity contribution in [3.05, 3.63) is 60.0 Å². The van der Waals surface area contributed by atoms with Crippen LogP contribution in [0.4, 0.5) is 10.6 Å². The van der Waals surface area contributed by atoms with Crippen LogP contribution in [0.3, 0.4) is 0 Å². The van der Waals surface area contributed by atoms with E-state index in [4.69, 9.17) is 10.5 Å². The van der Waals surface area contributed by atoms with Gasteiger partial charge in [0.15, 0.2) is 5.82 Å². The van der Waals surface area contributed by atoms with E-state index >= 15 is 0 Å². The maximum atomic E-state index is 12.5. The standard InChI is InChI=1S/C19H21N5O2/c20-18-17-9-8-16(24(17)22-13-21-18)15-7-4-10-23(11-15)19(25)26-12-14-5-2-1-3-6-14/h1-3,5-6,8-9,13,15H,4,7,10-12H2,(H2,20,21,22)/t15-/m1/s1. The zero-order valence-corrected chi connectivity index (χ0v) is 14.4. The van der Waals surface area contributed by atoms with Gasteiger partial charge in [-0.2, -0.15) is 5.10 Å². The number of likely N-dealkylation sites (tertiary alicyclic amines) is 1. The average molecular weight is 351 g/mol. The molecule has 134 valence electrons. The molecule has 1 aliphatic rings. The van der Waals surface area contributed by atoms with E-state index in [1.807, 2.05) is 47.0 Å². The Morgan fingerprint density at radius 3 is 2.92 bits per heavy atom. The minimum Gasteiger partial charge on any atom is -0.445 e. The molecule has 7 heteroatoms. The maximum absolute atomic E-state index is 12.5. The van der Waals surface area contributed by atoms with Crippen LogP contribution >= 0.6 is 0 Å². The first-order valence-electron chi connectivity index (χ1n) is 8.76. The number of nitrogens with zero attached hydrogens (tertiary/aromatic N) is 4. The van der Waals surface area contributed by atoms with Gasteiger partial charge >= 0.3 is 6.09 Å².